The van der Waals surface area contributed by atoms with Crippen LogP contribution >= 0.6 is 0 Å². The van der Waals surface area contributed by atoms with Gasteiger partial charge < -0.3 is 10.6 Å². The van der Waals surface area contributed by atoms with Crippen LogP contribution < -0.4 is 10.6 Å². The lowest BCUT2D eigenvalue weighted by Gasteiger charge is -2.28. The number of hydrogen-bond donors (Lipinski definition) is 3. The van der Waals surface area contributed by atoms with Crippen molar-refractivity contribution in [1.82, 2.24) is 24.8 Å². The molecular formula is C20H27N7. The molecule has 27 heavy (non-hydrogen) atoms. The standard InChI is InChI=1S/C20H27N7/c1-13(14-6-3-2-4-7-14)21-20-23-19(17-8-5-11-27(17)26-20)22-18-12-16(24-25-18)15-9-10-15/h5,8,11-15H,2-4,6-7,9-10H2,1H3,(H3,21,22,23,24,25,26)/t13-/m0/s1. The zero-order chi connectivity index (χ0) is 18.2. The number of aromatic amines is 1. The molecule has 2 fully saturated rings. The third-order valence-electron chi connectivity index (χ3n) is 5.97. The molecule has 0 unspecified atom stereocenters. The molecule has 0 bridgehead atoms. The summed E-state index contributed by atoms with van der Waals surface area (Å²) >= 11 is 0. The van der Waals surface area contributed by atoms with E-state index in [1.54, 1.807) is 0 Å². The maximum atomic E-state index is 4.76. The predicted molar refractivity (Wildman–Crippen MR) is 106 cm³/mol. The molecule has 3 heterocycles. The van der Waals surface area contributed by atoms with E-state index in [1.165, 1.54) is 50.6 Å². The van der Waals surface area contributed by atoms with E-state index >= 15 is 0 Å². The van der Waals surface area contributed by atoms with Crippen molar-refractivity contribution < 1.29 is 0 Å². The topological polar surface area (TPSA) is 82.9 Å². The van der Waals surface area contributed by atoms with Crippen LogP contribution in [-0.4, -0.2) is 30.8 Å². The van der Waals surface area contributed by atoms with Gasteiger partial charge in [0.2, 0.25) is 5.95 Å². The number of hydrogen-bond acceptors (Lipinski definition) is 5. The van der Waals surface area contributed by atoms with Gasteiger partial charge in [-0.15, -0.1) is 5.10 Å². The van der Waals surface area contributed by atoms with Gasteiger partial charge in [0.15, 0.2) is 11.6 Å². The van der Waals surface area contributed by atoms with Crippen LogP contribution in [0.5, 0.6) is 0 Å². The molecule has 1 atom stereocenters. The van der Waals surface area contributed by atoms with E-state index in [4.69, 9.17) is 4.98 Å². The van der Waals surface area contributed by atoms with Gasteiger partial charge in [-0.3, -0.25) is 5.10 Å². The first-order valence-corrected chi connectivity index (χ1v) is 10.2. The molecule has 5 rings (SSSR count). The van der Waals surface area contributed by atoms with Gasteiger partial charge in [-0.05, 0) is 50.7 Å². The Kier molecular flexibility index (Phi) is 4.22. The number of aromatic nitrogens is 5. The van der Waals surface area contributed by atoms with Gasteiger partial charge in [0, 0.05) is 29.9 Å². The van der Waals surface area contributed by atoms with E-state index in [0.717, 1.165) is 17.2 Å². The Balaban J connectivity index is 1.38. The molecule has 3 aromatic heterocycles. The molecule has 142 valence electrons. The number of rotatable bonds is 6. The van der Waals surface area contributed by atoms with Crippen molar-refractivity contribution in [3.63, 3.8) is 0 Å². The van der Waals surface area contributed by atoms with Crippen molar-refractivity contribution in [3.05, 3.63) is 30.1 Å². The summed E-state index contributed by atoms with van der Waals surface area (Å²) in [5.74, 6) is 3.61. The summed E-state index contributed by atoms with van der Waals surface area (Å²) in [6.07, 6.45) is 11.1. The van der Waals surface area contributed by atoms with Crippen molar-refractivity contribution in [1.29, 1.82) is 0 Å². The van der Waals surface area contributed by atoms with Crippen molar-refractivity contribution >= 4 is 23.1 Å². The number of nitrogens with one attached hydrogen (secondary N) is 3. The van der Waals surface area contributed by atoms with Gasteiger partial charge >= 0.3 is 0 Å². The minimum atomic E-state index is 0.373. The van der Waals surface area contributed by atoms with Crippen molar-refractivity contribution in [2.24, 2.45) is 5.92 Å². The Morgan fingerprint density at radius 3 is 2.85 bits per heavy atom. The average molecular weight is 365 g/mol. The molecule has 2 aliphatic rings. The monoisotopic (exact) mass is 365 g/mol. The van der Waals surface area contributed by atoms with Crippen LogP contribution in [-0.2, 0) is 0 Å². The minimum absolute atomic E-state index is 0.373. The molecule has 7 nitrogen and oxygen atoms in total. The number of H-pyrrole nitrogens is 1. The molecular weight excluding hydrogens is 338 g/mol. The van der Waals surface area contributed by atoms with Crippen LogP contribution in [0.3, 0.4) is 0 Å². The third kappa shape index (κ3) is 3.50. The zero-order valence-corrected chi connectivity index (χ0v) is 15.8. The van der Waals surface area contributed by atoms with E-state index in [2.05, 4.69) is 38.9 Å². The highest BCUT2D eigenvalue weighted by atomic mass is 15.3. The van der Waals surface area contributed by atoms with Gasteiger partial charge in [-0.2, -0.15) is 10.1 Å². The number of anilines is 3. The summed E-state index contributed by atoms with van der Waals surface area (Å²) < 4.78 is 1.87. The average Bonchev–Trinajstić information content (AvgIpc) is 3.24. The molecule has 3 aromatic rings. The molecule has 3 N–H and O–H groups in total. The highest BCUT2D eigenvalue weighted by molar-refractivity contribution is 5.73. The van der Waals surface area contributed by atoms with Crippen LogP contribution in [0.2, 0.25) is 0 Å². The normalized spacial score (nSPS) is 19.3. The molecule has 2 saturated carbocycles. The predicted octanol–water partition coefficient (Wildman–Crippen LogP) is 4.45. The van der Waals surface area contributed by atoms with Gasteiger partial charge in [0.25, 0.3) is 0 Å². The SMILES string of the molecule is C[C@H](Nc1nc(Nc2cc(C3CC3)[nH]n2)c2cccn2n1)C1CCCCC1. The highest BCUT2D eigenvalue weighted by Gasteiger charge is 2.26. The van der Waals surface area contributed by atoms with Gasteiger partial charge in [0.05, 0.1) is 0 Å². The first-order valence-electron chi connectivity index (χ1n) is 10.2. The Bertz CT molecular complexity index is 917. The summed E-state index contributed by atoms with van der Waals surface area (Å²) in [7, 11) is 0. The fourth-order valence-corrected chi connectivity index (χ4v) is 4.17. The second-order valence-corrected chi connectivity index (χ2v) is 8.06. The molecule has 0 saturated heterocycles. The van der Waals surface area contributed by atoms with E-state index < -0.39 is 0 Å². The van der Waals surface area contributed by atoms with Crippen molar-refractivity contribution in [2.75, 3.05) is 10.6 Å². The van der Waals surface area contributed by atoms with Crippen LogP contribution in [0.15, 0.2) is 24.4 Å². The van der Waals surface area contributed by atoms with Gasteiger partial charge in [-0.1, -0.05) is 19.3 Å². The largest absolute Gasteiger partial charge is 0.350 e. The third-order valence-corrected chi connectivity index (χ3v) is 5.97. The molecule has 0 spiro atoms. The zero-order valence-electron chi connectivity index (χ0n) is 15.8. The molecule has 7 heteroatoms. The van der Waals surface area contributed by atoms with Crippen molar-refractivity contribution in [3.8, 4) is 0 Å². The molecule has 0 amide bonds. The summed E-state index contributed by atoms with van der Waals surface area (Å²) in [4.78, 5) is 4.76. The van der Waals surface area contributed by atoms with Crippen LogP contribution in [0.1, 0.15) is 63.5 Å². The van der Waals surface area contributed by atoms with Gasteiger partial charge in [-0.25, -0.2) is 4.52 Å². The Morgan fingerprint density at radius 1 is 1.19 bits per heavy atom. The Morgan fingerprint density at radius 2 is 2.04 bits per heavy atom. The van der Waals surface area contributed by atoms with Crippen LogP contribution in [0.4, 0.5) is 17.6 Å². The lowest BCUT2D eigenvalue weighted by molar-refractivity contribution is 0.327. The Labute approximate surface area is 159 Å². The highest BCUT2D eigenvalue weighted by Crippen LogP contribution is 2.39. The lowest BCUT2D eigenvalue weighted by Crippen LogP contribution is -2.29. The molecule has 2 aliphatic carbocycles. The maximum Gasteiger partial charge on any atom is 0.243 e. The van der Waals surface area contributed by atoms with Crippen LogP contribution in [0, 0.1) is 5.92 Å². The van der Waals surface area contributed by atoms with E-state index in [-0.39, 0.29) is 0 Å². The smallest absolute Gasteiger partial charge is 0.243 e. The fraction of sp³-hybridized carbons (Fsp3) is 0.550. The molecule has 0 aliphatic heterocycles. The lowest BCUT2D eigenvalue weighted by atomic mass is 9.85. The van der Waals surface area contributed by atoms with E-state index in [1.807, 2.05) is 22.8 Å². The van der Waals surface area contributed by atoms with E-state index in [0.29, 0.717) is 23.8 Å². The van der Waals surface area contributed by atoms with Gasteiger partial charge in [0.1, 0.15) is 5.52 Å². The summed E-state index contributed by atoms with van der Waals surface area (Å²) in [5, 5.41) is 19.1. The first kappa shape index (κ1) is 16.6. The maximum absolute atomic E-state index is 4.76. The summed E-state index contributed by atoms with van der Waals surface area (Å²) in [6.45, 7) is 2.25. The summed E-state index contributed by atoms with van der Waals surface area (Å²) in [5.41, 5.74) is 2.16. The Hall–Kier alpha value is -2.57. The quantitative estimate of drug-likeness (QED) is 0.601. The summed E-state index contributed by atoms with van der Waals surface area (Å²) in [6, 6.07) is 6.48. The fourth-order valence-electron chi connectivity index (χ4n) is 4.17. The van der Waals surface area contributed by atoms with Crippen LogP contribution in [0.25, 0.3) is 5.52 Å². The second kappa shape index (κ2) is 6.87. The molecule has 0 radical (unpaired) electrons. The number of fused-ring (bicyclic) bond motifs is 1. The molecule has 0 aromatic carbocycles. The van der Waals surface area contributed by atoms with Crippen molar-refractivity contribution in [2.45, 2.75) is 63.8 Å². The number of nitrogens with zero attached hydrogens (tertiary/aromatic N) is 4. The minimum Gasteiger partial charge on any atom is -0.350 e. The first-order chi connectivity index (χ1) is 13.3. The second-order valence-electron chi connectivity index (χ2n) is 8.06. The van der Waals surface area contributed by atoms with E-state index in [9.17, 15) is 0 Å².